The van der Waals surface area contributed by atoms with E-state index < -0.39 is 0 Å². The fourth-order valence-corrected chi connectivity index (χ4v) is 7.53. The van der Waals surface area contributed by atoms with Crippen molar-refractivity contribution in [3.8, 4) is 34.4 Å². The topological polar surface area (TPSA) is 41.2 Å². The molecule has 0 spiro atoms. The van der Waals surface area contributed by atoms with Crippen LogP contribution in [0.2, 0.25) is 0 Å². The summed E-state index contributed by atoms with van der Waals surface area (Å²) in [6.45, 7) is 4.50. The van der Waals surface area contributed by atoms with Crippen molar-refractivity contribution in [3.63, 3.8) is 0 Å². The van der Waals surface area contributed by atoms with E-state index in [1.807, 2.05) is 36.4 Å². The predicted octanol–water partition coefficient (Wildman–Crippen LogP) is 12.2. The maximum atomic E-state index is 9.50. The highest BCUT2D eigenvalue weighted by Crippen LogP contribution is 2.50. The van der Waals surface area contributed by atoms with Crippen molar-refractivity contribution in [3.05, 3.63) is 180 Å². The second-order valence-corrected chi connectivity index (χ2v) is 13.4. The van der Waals surface area contributed by atoms with E-state index >= 15 is 0 Å². The molecule has 0 radical (unpaired) electrons. The van der Waals surface area contributed by atoms with E-state index in [2.05, 4.69) is 157 Å². The molecule has 4 heteroatoms. The van der Waals surface area contributed by atoms with Crippen molar-refractivity contribution in [1.29, 1.82) is 5.26 Å². The smallest absolute Gasteiger partial charge is 0.133 e. The normalized spacial score (nSPS) is 12.9. The van der Waals surface area contributed by atoms with Crippen molar-refractivity contribution in [2.45, 2.75) is 19.3 Å². The minimum absolute atomic E-state index is 0.196. The molecule has 8 aromatic rings. The largest absolute Gasteiger partial charge is 0.457 e. The third-order valence-corrected chi connectivity index (χ3v) is 10.1. The predicted molar refractivity (Wildman–Crippen MR) is 204 cm³/mol. The van der Waals surface area contributed by atoms with Gasteiger partial charge >= 0.3 is 0 Å². The van der Waals surface area contributed by atoms with Crippen molar-refractivity contribution in [1.82, 2.24) is 4.57 Å². The lowest BCUT2D eigenvalue weighted by Gasteiger charge is -2.35. The molecule has 0 bridgehead atoms. The zero-order valence-corrected chi connectivity index (χ0v) is 27.8. The summed E-state index contributed by atoms with van der Waals surface area (Å²) >= 11 is 0. The van der Waals surface area contributed by atoms with Crippen LogP contribution in [0.1, 0.15) is 30.5 Å². The molecule has 0 fully saturated rings. The minimum Gasteiger partial charge on any atom is -0.457 e. The molecule has 9 rings (SSSR count). The average Bonchev–Trinajstić information content (AvgIpc) is 3.49. The number of nitrogens with zero attached hydrogens (tertiary/aromatic N) is 3. The van der Waals surface area contributed by atoms with Crippen molar-refractivity contribution >= 4 is 38.9 Å². The maximum Gasteiger partial charge on any atom is 0.133 e. The fraction of sp³-hybridized carbons (Fsp3) is 0.0652. The zero-order valence-electron chi connectivity index (χ0n) is 27.8. The van der Waals surface area contributed by atoms with Crippen molar-refractivity contribution in [2.75, 3.05) is 4.90 Å². The number of nitriles is 1. The Hall–Kier alpha value is -6.57. The quantitative estimate of drug-likeness (QED) is 0.187. The molecule has 0 saturated heterocycles. The van der Waals surface area contributed by atoms with E-state index in [1.54, 1.807) is 0 Å². The number of benzene rings is 7. The monoisotopic (exact) mass is 643 g/mol. The van der Waals surface area contributed by atoms with Gasteiger partial charge in [0.05, 0.1) is 22.7 Å². The fourth-order valence-electron chi connectivity index (χ4n) is 7.53. The van der Waals surface area contributed by atoms with Gasteiger partial charge in [0.2, 0.25) is 0 Å². The second kappa shape index (κ2) is 11.5. The summed E-state index contributed by atoms with van der Waals surface area (Å²) in [7, 11) is 0. The zero-order chi connectivity index (χ0) is 33.8. The third-order valence-electron chi connectivity index (χ3n) is 10.1. The molecule has 1 aromatic heterocycles. The molecular formula is C46H33N3O. The summed E-state index contributed by atoms with van der Waals surface area (Å²) in [5.41, 5.74) is 11.5. The Morgan fingerprint density at radius 1 is 0.540 bits per heavy atom. The van der Waals surface area contributed by atoms with Crippen LogP contribution in [0.4, 0.5) is 17.1 Å². The number of hydrogen-bond acceptors (Lipinski definition) is 3. The van der Waals surface area contributed by atoms with Gasteiger partial charge in [-0.15, -0.1) is 0 Å². The summed E-state index contributed by atoms with van der Waals surface area (Å²) in [6, 6.07) is 59.4. The summed E-state index contributed by atoms with van der Waals surface area (Å²) in [5.74, 6) is 1.74. The summed E-state index contributed by atoms with van der Waals surface area (Å²) in [6.07, 6.45) is 0. The maximum absolute atomic E-state index is 9.50. The number of fused-ring (bicyclic) bond motifs is 5. The van der Waals surface area contributed by atoms with E-state index in [9.17, 15) is 5.26 Å². The third kappa shape index (κ3) is 4.75. The van der Waals surface area contributed by atoms with Gasteiger partial charge in [0.25, 0.3) is 0 Å². The summed E-state index contributed by atoms with van der Waals surface area (Å²) in [5, 5.41) is 12.0. The molecule has 0 saturated carbocycles. The molecule has 0 amide bonds. The van der Waals surface area contributed by atoms with Crippen LogP contribution in [0.15, 0.2) is 164 Å². The molecule has 4 nitrogen and oxygen atoms in total. The van der Waals surface area contributed by atoms with Crippen LogP contribution in [-0.2, 0) is 5.41 Å². The Morgan fingerprint density at radius 2 is 1.16 bits per heavy atom. The summed E-state index contributed by atoms with van der Waals surface area (Å²) < 4.78 is 8.86. The van der Waals surface area contributed by atoms with Gasteiger partial charge in [-0.1, -0.05) is 92.7 Å². The molecule has 1 aliphatic heterocycles. The van der Waals surface area contributed by atoms with E-state index in [0.29, 0.717) is 5.56 Å². The lowest BCUT2D eigenvalue weighted by atomic mass is 9.76. The summed E-state index contributed by atoms with van der Waals surface area (Å²) in [4.78, 5) is 2.22. The van der Waals surface area contributed by atoms with E-state index in [-0.39, 0.29) is 5.41 Å². The number of aromatic nitrogens is 1. The molecule has 0 unspecified atom stereocenters. The van der Waals surface area contributed by atoms with E-state index in [4.69, 9.17) is 4.74 Å². The number of hydrogen-bond donors (Lipinski definition) is 0. The Balaban J connectivity index is 1.13. The SMILES string of the molecule is CC1(C)c2ccccc2Oc2cc(N(c3ccc(C#N)cc3)c3ccc(-c4ccc5c(c4)c4ccccc4n5-c4ccccc4)cc3)ccc21. The Morgan fingerprint density at radius 3 is 1.94 bits per heavy atom. The van der Waals surface area contributed by atoms with E-state index in [0.717, 1.165) is 50.9 Å². The second-order valence-electron chi connectivity index (χ2n) is 13.4. The van der Waals surface area contributed by atoms with Crippen LogP contribution < -0.4 is 9.64 Å². The number of para-hydroxylation sites is 3. The van der Waals surface area contributed by atoms with Crippen LogP contribution in [-0.4, -0.2) is 4.57 Å². The van der Waals surface area contributed by atoms with E-state index in [1.165, 1.54) is 27.4 Å². The molecule has 0 N–H and O–H groups in total. The Kier molecular flexibility index (Phi) is 6.82. The van der Waals surface area contributed by atoms with Gasteiger partial charge in [-0.2, -0.15) is 5.26 Å². The number of rotatable bonds is 5. The molecule has 2 heterocycles. The van der Waals surface area contributed by atoms with Gasteiger partial charge in [0, 0.05) is 56.1 Å². The van der Waals surface area contributed by atoms with Crippen LogP contribution in [0.3, 0.4) is 0 Å². The Bertz CT molecular complexity index is 2590. The van der Waals surface area contributed by atoms with Gasteiger partial charge in [0.15, 0.2) is 0 Å². The molecular weight excluding hydrogens is 611 g/mol. The highest BCUT2D eigenvalue weighted by molar-refractivity contribution is 6.10. The first-order chi connectivity index (χ1) is 24.5. The van der Waals surface area contributed by atoms with Gasteiger partial charge in [-0.25, -0.2) is 0 Å². The average molecular weight is 644 g/mol. The molecule has 238 valence electrons. The van der Waals surface area contributed by atoms with Gasteiger partial charge < -0.3 is 14.2 Å². The molecule has 50 heavy (non-hydrogen) atoms. The first-order valence-electron chi connectivity index (χ1n) is 16.9. The van der Waals surface area contributed by atoms with Crippen LogP contribution in [0.5, 0.6) is 11.5 Å². The van der Waals surface area contributed by atoms with Crippen molar-refractivity contribution < 1.29 is 4.74 Å². The number of ether oxygens (including phenoxy) is 1. The van der Waals surface area contributed by atoms with Gasteiger partial charge in [-0.3, -0.25) is 0 Å². The highest BCUT2D eigenvalue weighted by atomic mass is 16.5. The lowest BCUT2D eigenvalue weighted by Crippen LogP contribution is -2.24. The van der Waals surface area contributed by atoms with Gasteiger partial charge in [0.1, 0.15) is 11.5 Å². The molecule has 1 aliphatic rings. The molecule has 0 atom stereocenters. The molecule has 0 aliphatic carbocycles. The van der Waals surface area contributed by atoms with Gasteiger partial charge in [-0.05, 0) is 90.0 Å². The Labute approximate surface area is 291 Å². The minimum atomic E-state index is -0.196. The molecule has 7 aromatic carbocycles. The lowest BCUT2D eigenvalue weighted by molar-refractivity contribution is 0.418. The highest BCUT2D eigenvalue weighted by Gasteiger charge is 2.34. The first kappa shape index (κ1) is 29.6. The van der Waals surface area contributed by atoms with Crippen LogP contribution in [0.25, 0.3) is 38.6 Å². The standard InChI is InChI=1S/C46H33N3O/c1-46(2)40-13-7-9-15-44(40)50-45-29-37(25-26-41(45)46)48(35-21-16-31(30-47)17-22-35)36-23-18-32(19-24-36)33-20-27-43-39(28-33)38-12-6-8-14-42(38)49(43)34-10-4-3-5-11-34/h3-29H,1-2H3. The number of anilines is 3. The van der Waals surface area contributed by atoms with Crippen LogP contribution >= 0.6 is 0 Å². The van der Waals surface area contributed by atoms with Crippen molar-refractivity contribution in [2.24, 2.45) is 0 Å². The first-order valence-corrected chi connectivity index (χ1v) is 16.9. The van der Waals surface area contributed by atoms with Crippen LogP contribution in [0, 0.1) is 11.3 Å².